The summed E-state index contributed by atoms with van der Waals surface area (Å²) >= 11 is 0. The van der Waals surface area contributed by atoms with Crippen LogP contribution in [0.15, 0.2) is 60.7 Å². The van der Waals surface area contributed by atoms with E-state index >= 15 is 0 Å². The molecule has 158 valence electrons. The fourth-order valence-corrected chi connectivity index (χ4v) is 2.56. The van der Waals surface area contributed by atoms with E-state index in [9.17, 15) is 19.2 Å². The zero-order valence-corrected chi connectivity index (χ0v) is 16.6. The second kappa shape index (κ2) is 12.7. The molecule has 0 aliphatic rings. The molecule has 0 spiro atoms. The molecule has 0 aliphatic heterocycles. The average Bonchev–Trinajstić information content (AvgIpc) is 2.78. The number of carbonyl (C=O) groups excluding carboxylic acids is 4. The van der Waals surface area contributed by atoms with Gasteiger partial charge in [-0.1, -0.05) is 60.7 Å². The minimum Gasteiger partial charge on any atom is -0.273 e. The van der Waals surface area contributed by atoms with Gasteiger partial charge in [-0.05, 0) is 24.0 Å². The number of carbonyl (C=O) groups is 4. The molecule has 0 radical (unpaired) electrons. The van der Waals surface area contributed by atoms with Gasteiger partial charge in [-0.25, -0.2) is 0 Å². The van der Waals surface area contributed by atoms with Gasteiger partial charge in [0.1, 0.15) is 0 Å². The molecular formula is C22H26N4O4. The van der Waals surface area contributed by atoms with Gasteiger partial charge in [-0.3, -0.25) is 40.9 Å². The van der Waals surface area contributed by atoms with E-state index in [-0.39, 0.29) is 37.5 Å². The second-order valence-electron chi connectivity index (χ2n) is 6.66. The maximum Gasteiger partial charge on any atom is 0.238 e. The summed E-state index contributed by atoms with van der Waals surface area (Å²) in [4.78, 5) is 47.0. The number of rotatable bonds is 9. The van der Waals surface area contributed by atoms with Crippen LogP contribution in [-0.4, -0.2) is 23.6 Å². The Labute approximate surface area is 175 Å². The zero-order valence-electron chi connectivity index (χ0n) is 16.6. The van der Waals surface area contributed by atoms with Gasteiger partial charge >= 0.3 is 0 Å². The summed E-state index contributed by atoms with van der Waals surface area (Å²) in [6.45, 7) is 0. The maximum atomic E-state index is 11.7. The largest absolute Gasteiger partial charge is 0.273 e. The highest BCUT2D eigenvalue weighted by Crippen LogP contribution is 2.02. The van der Waals surface area contributed by atoms with Crippen LogP contribution in [0.3, 0.4) is 0 Å². The van der Waals surface area contributed by atoms with E-state index < -0.39 is 11.8 Å². The molecule has 0 fully saturated rings. The first-order chi connectivity index (χ1) is 14.5. The normalized spacial score (nSPS) is 10.0. The lowest BCUT2D eigenvalue weighted by molar-refractivity contribution is -0.131. The third kappa shape index (κ3) is 9.50. The van der Waals surface area contributed by atoms with Gasteiger partial charge in [-0.15, -0.1) is 0 Å². The van der Waals surface area contributed by atoms with Crippen molar-refractivity contribution in [3.8, 4) is 0 Å². The van der Waals surface area contributed by atoms with Crippen LogP contribution in [0.25, 0.3) is 0 Å². The monoisotopic (exact) mass is 410 g/mol. The number of amides is 4. The molecule has 2 rings (SSSR count). The number of benzene rings is 2. The van der Waals surface area contributed by atoms with Crippen LogP contribution in [-0.2, 0) is 32.0 Å². The van der Waals surface area contributed by atoms with E-state index in [1.807, 2.05) is 60.7 Å². The lowest BCUT2D eigenvalue weighted by atomic mass is 10.1. The number of hydrogen-bond acceptors (Lipinski definition) is 4. The first-order valence-corrected chi connectivity index (χ1v) is 9.76. The molecule has 0 bridgehead atoms. The summed E-state index contributed by atoms with van der Waals surface area (Å²) in [7, 11) is 0. The molecule has 30 heavy (non-hydrogen) atoms. The van der Waals surface area contributed by atoms with Crippen molar-refractivity contribution in [1.82, 2.24) is 21.7 Å². The number of aryl methyl sites for hydroxylation is 2. The molecule has 0 aliphatic carbocycles. The van der Waals surface area contributed by atoms with Crippen molar-refractivity contribution in [1.29, 1.82) is 0 Å². The van der Waals surface area contributed by atoms with Gasteiger partial charge in [0.2, 0.25) is 23.6 Å². The van der Waals surface area contributed by atoms with E-state index in [1.165, 1.54) is 0 Å². The van der Waals surface area contributed by atoms with Gasteiger partial charge in [0, 0.05) is 25.7 Å². The average molecular weight is 410 g/mol. The predicted molar refractivity (Wildman–Crippen MR) is 111 cm³/mol. The van der Waals surface area contributed by atoms with Crippen LogP contribution in [0.4, 0.5) is 0 Å². The molecule has 2 aromatic rings. The van der Waals surface area contributed by atoms with Crippen molar-refractivity contribution in [2.24, 2.45) is 0 Å². The van der Waals surface area contributed by atoms with Crippen molar-refractivity contribution in [2.75, 3.05) is 0 Å². The Kier molecular flexibility index (Phi) is 9.58. The number of hydrogen-bond donors (Lipinski definition) is 4. The summed E-state index contributed by atoms with van der Waals surface area (Å²) < 4.78 is 0. The Morgan fingerprint density at radius 3 is 1.10 bits per heavy atom. The number of hydrazine groups is 2. The molecule has 0 saturated heterocycles. The highest BCUT2D eigenvalue weighted by Gasteiger charge is 2.09. The number of nitrogens with one attached hydrogen (secondary N) is 4. The summed E-state index contributed by atoms with van der Waals surface area (Å²) in [5.41, 5.74) is 11.2. The minimum absolute atomic E-state index is 0.120. The highest BCUT2D eigenvalue weighted by atomic mass is 16.2. The molecule has 2 aromatic carbocycles. The SMILES string of the molecule is O=C(CCC(=O)NNC(=O)CCc1ccccc1)NNC(=O)CCc1ccccc1. The second-order valence-corrected chi connectivity index (χ2v) is 6.66. The van der Waals surface area contributed by atoms with Crippen LogP contribution >= 0.6 is 0 Å². The Hall–Kier alpha value is -3.68. The van der Waals surface area contributed by atoms with E-state index in [4.69, 9.17) is 0 Å². The standard InChI is InChI=1S/C22H26N4O4/c27-19(13-11-17-7-3-1-4-8-17)23-25-21(29)15-16-22(30)26-24-20(28)14-12-18-9-5-2-6-10-18/h1-10H,11-16H2,(H,23,27)(H,24,28)(H,25,29)(H,26,30). The first kappa shape index (κ1) is 22.6. The topological polar surface area (TPSA) is 116 Å². The van der Waals surface area contributed by atoms with Gasteiger partial charge in [0.25, 0.3) is 0 Å². The molecule has 8 nitrogen and oxygen atoms in total. The minimum atomic E-state index is -0.492. The molecule has 8 heteroatoms. The smallest absolute Gasteiger partial charge is 0.238 e. The molecule has 0 saturated carbocycles. The third-order valence-corrected chi connectivity index (χ3v) is 4.23. The fourth-order valence-electron chi connectivity index (χ4n) is 2.56. The Morgan fingerprint density at radius 2 is 0.767 bits per heavy atom. The maximum absolute atomic E-state index is 11.7. The van der Waals surface area contributed by atoms with Crippen LogP contribution in [0.2, 0.25) is 0 Å². The van der Waals surface area contributed by atoms with Crippen molar-refractivity contribution >= 4 is 23.6 Å². The molecular weight excluding hydrogens is 384 g/mol. The zero-order chi connectivity index (χ0) is 21.6. The quantitative estimate of drug-likeness (QED) is 0.467. The summed E-state index contributed by atoms with van der Waals surface area (Å²) in [5, 5.41) is 0. The molecule has 4 N–H and O–H groups in total. The van der Waals surface area contributed by atoms with Crippen molar-refractivity contribution in [2.45, 2.75) is 38.5 Å². The van der Waals surface area contributed by atoms with Crippen molar-refractivity contribution in [3.63, 3.8) is 0 Å². The fraction of sp³-hybridized carbons (Fsp3) is 0.273. The molecule has 0 atom stereocenters. The lowest BCUT2D eigenvalue weighted by Crippen LogP contribution is -2.44. The summed E-state index contributed by atoms with van der Waals surface area (Å²) in [6.07, 6.45) is 1.36. The van der Waals surface area contributed by atoms with E-state index in [1.54, 1.807) is 0 Å². The van der Waals surface area contributed by atoms with Gasteiger partial charge < -0.3 is 0 Å². The van der Waals surface area contributed by atoms with Crippen LogP contribution < -0.4 is 21.7 Å². The molecule has 4 amide bonds. The van der Waals surface area contributed by atoms with E-state index in [0.717, 1.165) is 11.1 Å². The Morgan fingerprint density at radius 1 is 0.467 bits per heavy atom. The van der Waals surface area contributed by atoms with Crippen LogP contribution in [0, 0.1) is 0 Å². The first-order valence-electron chi connectivity index (χ1n) is 9.76. The van der Waals surface area contributed by atoms with Crippen LogP contribution in [0.1, 0.15) is 36.8 Å². The van der Waals surface area contributed by atoms with E-state index in [2.05, 4.69) is 21.7 Å². The molecule has 0 heterocycles. The van der Waals surface area contributed by atoms with Crippen molar-refractivity contribution in [3.05, 3.63) is 71.8 Å². The Bertz CT molecular complexity index is 769. The van der Waals surface area contributed by atoms with Crippen molar-refractivity contribution < 1.29 is 19.2 Å². The predicted octanol–water partition coefficient (Wildman–Crippen LogP) is 1.33. The third-order valence-electron chi connectivity index (χ3n) is 4.23. The van der Waals surface area contributed by atoms with Gasteiger partial charge in [0.15, 0.2) is 0 Å². The lowest BCUT2D eigenvalue weighted by Gasteiger charge is -2.09. The summed E-state index contributed by atoms with van der Waals surface area (Å²) in [5.74, 6) is -1.62. The molecule has 0 aromatic heterocycles. The molecule has 0 unspecified atom stereocenters. The summed E-state index contributed by atoms with van der Waals surface area (Å²) in [6, 6.07) is 19.1. The van der Waals surface area contributed by atoms with Gasteiger partial charge in [-0.2, -0.15) is 0 Å². The Balaban J connectivity index is 1.52. The van der Waals surface area contributed by atoms with Gasteiger partial charge in [0.05, 0.1) is 0 Å². The highest BCUT2D eigenvalue weighted by molar-refractivity contribution is 5.87. The van der Waals surface area contributed by atoms with Crippen LogP contribution in [0.5, 0.6) is 0 Å². The van der Waals surface area contributed by atoms with E-state index in [0.29, 0.717) is 12.8 Å².